The van der Waals surface area contributed by atoms with Gasteiger partial charge in [0.2, 0.25) is 5.91 Å². The molecule has 1 aromatic rings. The summed E-state index contributed by atoms with van der Waals surface area (Å²) in [5, 5.41) is 6.84. The number of nitrogens with one attached hydrogen (secondary N) is 1. The largest absolute Gasteiger partial charge is 0.343 e. The third kappa shape index (κ3) is 2.69. The van der Waals surface area contributed by atoms with Gasteiger partial charge in [0.25, 0.3) is 0 Å². The first kappa shape index (κ1) is 10.4. The molecule has 0 bridgehead atoms. The van der Waals surface area contributed by atoms with E-state index in [1.54, 1.807) is 31.1 Å². The number of hydrogen-bond acceptors (Lipinski definition) is 3. The molecule has 0 saturated carbocycles. The van der Waals surface area contributed by atoms with Crippen LogP contribution in [-0.2, 0) is 11.8 Å². The van der Waals surface area contributed by atoms with Crippen molar-refractivity contribution in [2.45, 2.75) is 19.9 Å². The third-order valence-corrected chi connectivity index (χ3v) is 1.68. The van der Waals surface area contributed by atoms with E-state index < -0.39 is 0 Å². The first-order valence-electron chi connectivity index (χ1n) is 4.42. The van der Waals surface area contributed by atoms with Gasteiger partial charge < -0.3 is 5.32 Å². The average molecular weight is 194 g/mol. The number of rotatable bonds is 3. The Morgan fingerprint density at radius 2 is 2.43 bits per heavy atom. The van der Waals surface area contributed by atoms with Crippen LogP contribution in [-0.4, -0.2) is 20.7 Å². The number of amides is 1. The van der Waals surface area contributed by atoms with Crippen LogP contribution in [0.15, 0.2) is 18.5 Å². The molecule has 0 radical (unpaired) electrons. The quantitative estimate of drug-likeness (QED) is 0.715. The Labute approximate surface area is 82.8 Å². The van der Waals surface area contributed by atoms with Crippen molar-refractivity contribution in [3.8, 4) is 0 Å². The van der Waals surface area contributed by atoms with Gasteiger partial charge in [-0.1, -0.05) is 6.08 Å². The average Bonchev–Trinajstić information content (AvgIpc) is 2.52. The van der Waals surface area contributed by atoms with Crippen molar-refractivity contribution in [1.29, 1.82) is 0 Å². The van der Waals surface area contributed by atoms with E-state index in [2.05, 4.69) is 15.4 Å². The number of allylic oxidation sites excluding steroid dienone is 1. The zero-order chi connectivity index (χ0) is 10.6. The lowest BCUT2D eigenvalue weighted by molar-refractivity contribution is -0.117. The number of aromatic nitrogens is 3. The van der Waals surface area contributed by atoms with E-state index in [-0.39, 0.29) is 11.9 Å². The maximum Gasteiger partial charge on any atom is 0.244 e. The number of carbonyl (C=O) groups excluding carboxylic acids is 1. The molecular weight excluding hydrogens is 180 g/mol. The molecule has 5 nitrogen and oxygen atoms in total. The molecule has 0 saturated heterocycles. The molecule has 0 aliphatic carbocycles. The Morgan fingerprint density at radius 3 is 2.93 bits per heavy atom. The molecule has 1 heterocycles. The highest BCUT2D eigenvalue weighted by Crippen LogP contribution is 2.04. The number of hydrogen-bond donors (Lipinski definition) is 1. The van der Waals surface area contributed by atoms with Crippen LogP contribution in [0.2, 0.25) is 0 Å². The Kier molecular flexibility index (Phi) is 3.39. The minimum Gasteiger partial charge on any atom is -0.343 e. The molecule has 1 N–H and O–H groups in total. The van der Waals surface area contributed by atoms with Crippen LogP contribution < -0.4 is 5.32 Å². The van der Waals surface area contributed by atoms with Crippen molar-refractivity contribution in [2.75, 3.05) is 0 Å². The van der Waals surface area contributed by atoms with Crippen LogP contribution in [0.25, 0.3) is 0 Å². The van der Waals surface area contributed by atoms with Gasteiger partial charge in [-0.2, -0.15) is 5.10 Å². The summed E-state index contributed by atoms with van der Waals surface area (Å²) in [6, 6.07) is -0.167. The first-order valence-corrected chi connectivity index (χ1v) is 4.42. The Hall–Kier alpha value is -1.65. The predicted molar refractivity (Wildman–Crippen MR) is 52.4 cm³/mol. The summed E-state index contributed by atoms with van der Waals surface area (Å²) in [7, 11) is 1.79. The van der Waals surface area contributed by atoms with Crippen molar-refractivity contribution in [3.05, 3.63) is 24.3 Å². The van der Waals surface area contributed by atoms with E-state index in [0.29, 0.717) is 5.82 Å². The van der Waals surface area contributed by atoms with Gasteiger partial charge in [-0.15, -0.1) is 0 Å². The van der Waals surface area contributed by atoms with E-state index >= 15 is 0 Å². The fourth-order valence-corrected chi connectivity index (χ4v) is 1.03. The third-order valence-electron chi connectivity index (χ3n) is 1.68. The van der Waals surface area contributed by atoms with E-state index in [1.807, 2.05) is 6.92 Å². The zero-order valence-electron chi connectivity index (χ0n) is 8.56. The highest BCUT2D eigenvalue weighted by Gasteiger charge is 2.10. The monoisotopic (exact) mass is 194 g/mol. The Bertz CT molecular complexity index is 342. The lowest BCUT2D eigenvalue weighted by atomic mass is 10.3. The minimum atomic E-state index is -0.167. The van der Waals surface area contributed by atoms with Crippen LogP contribution in [0.1, 0.15) is 25.7 Å². The lowest BCUT2D eigenvalue weighted by Gasteiger charge is -2.07. The van der Waals surface area contributed by atoms with Crippen molar-refractivity contribution in [3.63, 3.8) is 0 Å². The zero-order valence-corrected chi connectivity index (χ0v) is 8.56. The molecule has 0 aliphatic rings. The van der Waals surface area contributed by atoms with Gasteiger partial charge in [0, 0.05) is 7.05 Å². The molecule has 1 aromatic heterocycles. The Morgan fingerprint density at radius 1 is 1.71 bits per heavy atom. The van der Waals surface area contributed by atoms with Gasteiger partial charge >= 0.3 is 0 Å². The molecule has 0 spiro atoms. The van der Waals surface area contributed by atoms with E-state index in [4.69, 9.17) is 0 Å². The van der Waals surface area contributed by atoms with Crippen molar-refractivity contribution >= 4 is 5.91 Å². The molecule has 1 atom stereocenters. The van der Waals surface area contributed by atoms with Crippen LogP contribution in [0.4, 0.5) is 0 Å². The van der Waals surface area contributed by atoms with Crippen molar-refractivity contribution in [2.24, 2.45) is 7.05 Å². The predicted octanol–water partition coefficient (Wildman–Crippen LogP) is 0.568. The molecule has 1 rings (SSSR count). The van der Waals surface area contributed by atoms with Gasteiger partial charge in [0.05, 0.1) is 6.04 Å². The van der Waals surface area contributed by atoms with Crippen molar-refractivity contribution in [1.82, 2.24) is 20.1 Å². The van der Waals surface area contributed by atoms with E-state index in [1.165, 1.54) is 6.08 Å². The molecule has 0 aromatic carbocycles. The lowest BCUT2D eigenvalue weighted by Crippen LogP contribution is -2.25. The molecule has 5 heteroatoms. The van der Waals surface area contributed by atoms with E-state index in [9.17, 15) is 4.79 Å². The maximum atomic E-state index is 11.2. The highest BCUT2D eigenvalue weighted by molar-refractivity contribution is 5.87. The summed E-state index contributed by atoms with van der Waals surface area (Å²) in [4.78, 5) is 15.2. The van der Waals surface area contributed by atoms with Gasteiger partial charge in [-0.3, -0.25) is 9.48 Å². The Balaban J connectivity index is 2.58. The summed E-state index contributed by atoms with van der Waals surface area (Å²) in [5.41, 5.74) is 0. The number of nitrogens with zero attached hydrogens (tertiary/aromatic N) is 3. The first-order chi connectivity index (χ1) is 6.63. The second-order valence-corrected chi connectivity index (χ2v) is 3.01. The summed E-state index contributed by atoms with van der Waals surface area (Å²) in [5.74, 6) is 0.484. The molecule has 0 fully saturated rings. The SMILES string of the molecule is C/C=C/C(=O)NC(C)c1ncn(C)n1. The molecule has 76 valence electrons. The topological polar surface area (TPSA) is 59.8 Å². The number of aryl methyl sites for hydroxylation is 1. The standard InChI is InChI=1S/C9H14N4O/c1-4-5-8(14)11-7(2)9-10-6-13(3)12-9/h4-7H,1-3H3,(H,11,14)/b5-4+. The maximum absolute atomic E-state index is 11.2. The second kappa shape index (κ2) is 4.55. The van der Waals surface area contributed by atoms with Crippen LogP contribution >= 0.6 is 0 Å². The van der Waals surface area contributed by atoms with Gasteiger partial charge in [0.1, 0.15) is 6.33 Å². The number of carbonyl (C=O) groups is 1. The summed E-state index contributed by atoms with van der Waals surface area (Å²) >= 11 is 0. The van der Waals surface area contributed by atoms with Gasteiger partial charge in [0.15, 0.2) is 5.82 Å². The smallest absolute Gasteiger partial charge is 0.244 e. The van der Waals surface area contributed by atoms with Crippen molar-refractivity contribution < 1.29 is 4.79 Å². The van der Waals surface area contributed by atoms with Crippen LogP contribution in [0.5, 0.6) is 0 Å². The fourth-order valence-electron chi connectivity index (χ4n) is 1.03. The summed E-state index contributed by atoms with van der Waals surface area (Å²) < 4.78 is 1.60. The fraction of sp³-hybridized carbons (Fsp3) is 0.444. The van der Waals surface area contributed by atoms with Crippen LogP contribution in [0, 0.1) is 0 Å². The van der Waals surface area contributed by atoms with E-state index in [0.717, 1.165) is 0 Å². The summed E-state index contributed by atoms with van der Waals surface area (Å²) in [6.45, 7) is 3.64. The molecule has 1 amide bonds. The second-order valence-electron chi connectivity index (χ2n) is 3.01. The molecule has 0 aliphatic heterocycles. The molecule has 14 heavy (non-hydrogen) atoms. The molecule has 1 unspecified atom stereocenters. The van der Waals surface area contributed by atoms with Gasteiger partial charge in [-0.05, 0) is 19.9 Å². The highest BCUT2D eigenvalue weighted by atomic mass is 16.1. The molecular formula is C9H14N4O. The normalized spacial score (nSPS) is 13.1. The summed E-state index contributed by atoms with van der Waals surface area (Å²) in [6.07, 6.45) is 4.76. The van der Waals surface area contributed by atoms with Crippen LogP contribution in [0.3, 0.4) is 0 Å². The van der Waals surface area contributed by atoms with Gasteiger partial charge in [-0.25, -0.2) is 4.98 Å². The minimum absolute atomic E-state index is 0.132.